The van der Waals surface area contributed by atoms with Crippen molar-refractivity contribution in [1.29, 1.82) is 0 Å². The van der Waals surface area contributed by atoms with Crippen molar-refractivity contribution in [3.05, 3.63) is 49.1 Å². The van der Waals surface area contributed by atoms with Gasteiger partial charge in [0.2, 0.25) is 5.88 Å². The Balaban J connectivity index is 2.44. The third-order valence-electron chi connectivity index (χ3n) is 2.72. The number of benzene rings is 1. The van der Waals surface area contributed by atoms with E-state index in [-0.39, 0.29) is 5.56 Å². The first-order valence-electron chi connectivity index (χ1n) is 5.74. The van der Waals surface area contributed by atoms with Gasteiger partial charge in [-0.05, 0) is 53.1 Å². The molecule has 19 heavy (non-hydrogen) atoms. The number of rotatable bonds is 3. The molecule has 0 bridgehead atoms. The Morgan fingerprint density at radius 2 is 2.00 bits per heavy atom. The molecule has 0 aliphatic rings. The summed E-state index contributed by atoms with van der Waals surface area (Å²) >= 11 is 1.92. The average Bonchev–Trinajstić information content (AvgIpc) is 2.38. The second-order valence-corrected chi connectivity index (χ2v) is 5.29. The van der Waals surface area contributed by atoms with E-state index in [1.807, 2.05) is 48.6 Å². The molecule has 0 radical (unpaired) electrons. The van der Waals surface area contributed by atoms with Gasteiger partial charge in [0.1, 0.15) is 9.32 Å². The minimum atomic E-state index is -0.209. The smallest absolute Gasteiger partial charge is 0.268 e. The van der Waals surface area contributed by atoms with Crippen LogP contribution in [0, 0.1) is 17.4 Å². The number of H-pyrrole nitrogens is 1. The lowest BCUT2D eigenvalue weighted by molar-refractivity contribution is 0.449. The standard InChI is InChI=1S/C13H14IN3O2/c1-7-3-9(5-15)4-8(2)11(7)19-13-10(14)12(18)16-6-17-13/h3-4,6H,5,15H2,1-2H3,(H,16,17,18). The molecule has 0 spiro atoms. The third-order valence-corrected chi connectivity index (χ3v) is 3.67. The number of aryl methyl sites for hydroxylation is 2. The van der Waals surface area contributed by atoms with E-state index < -0.39 is 0 Å². The first kappa shape index (κ1) is 14.0. The van der Waals surface area contributed by atoms with Crippen LogP contribution in [0.4, 0.5) is 0 Å². The van der Waals surface area contributed by atoms with Crippen LogP contribution >= 0.6 is 22.6 Å². The molecule has 0 amide bonds. The Kier molecular flexibility index (Phi) is 4.20. The zero-order chi connectivity index (χ0) is 14.0. The molecular weight excluding hydrogens is 357 g/mol. The lowest BCUT2D eigenvalue weighted by Crippen LogP contribution is -2.11. The van der Waals surface area contributed by atoms with Gasteiger partial charge in [-0.15, -0.1) is 0 Å². The molecule has 0 saturated carbocycles. The van der Waals surface area contributed by atoms with E-state index >= 15 is 0 Å². The predicted molar refractivity (Wildman–Crippen MR) is 81.5 cm³/mol. The topological polar surface area (TPSA) is 81.0 Å². The molecule has 1 heterocycles. The van der Waals surface area contributed by atoms with Gasteiger partial charge in [-0.3, -0.25) is 4.79 Å². The molecule has 100 valence electrons. The predicted octanol–water partition coefficient (Wildman–Crippen LogP) is 2.24. The van der Waals surface area contributed by atoms with Crippen LogP contribution in [0.15, 0.2) is 23.3 Å². The Morgan fingerprint density at radius 3 is 2.58 bits per heavy atom. The molecule has 2 aromatic rings. The highest BCUT2D eigenvalue weighted by molar-refractivity contribution is 14.1. The Hall–Kier alpha value is -1.41. The van der Waals surface area contributed by atoms with Crippen molar-refractivity contribution < 1.29 is 4.74 Å². The Labute approximate surface area is 124 Å². The average molecular weight is 371 g/mol. The largest absolute Gasteiger partial charge is 0.437 e. The van der Waals surface area contributed by atoms with Gasteiger partial charge in [0.25, 0.3) is 5.56 Å². The molecule has 0 aliphatic heterocycles. The number of hydrogen-bond acceptors (Lipinski definition) is 4. The van der Waals surface area contributed by atoms with Crippen LogP contribution in [0.25, 0.3) is 0 Å². The fraction of sp³-hybridized carbons (Fsp3) is 0.231. The van der Waals surface area contributed by atoms with Crippen molar-refractivity contribution in [2.45, 2.75) is 20.4 Å². The van der Waals surface area contributed by atoms with E-state index in [2.05, 4.69) is 9.97 Å². The zero-order valence-electron chi connectivity index (χ0n) is 10.7. The summed E-state index contributed by atoms with van der Waals surface area (Å²) < 4.78 is 6.20. The number of ether oxygens (including phenoxy) is 1. The highest BCUT2D eigenvalue weighted by Gasteiger charge is 2.12. The second-order valence-electron chi connectivity index (χ2n) is 4.22. The SMILES string of the molecule is Cc1cc(CN)cc(C)c1Oc1nc[nH]c(=O)c1I. The molecule has 0 fully saturated rings. The van der Waals surface area contributed by atoms with Gasteiger partial charge in [0.05, 0.1) is 6.33 Å². The van der Waals surface area contributed by atoms with Crippen LogP contribution in [-0.2, 0) is 6.54 Å². The number of hydrogen-bond donors (Lipinski definition) is 2. The highest BCUT2D eigenvalue weighted by Crippen LogP contribution is 2.29. The maximum atomic E-state index is 11.5. The fourth-order valence-electron chi connectivity index (χ4n) is 1.85. The lowest BCUT2D eigenvalue weighted by Gasteiger charge is -2.13. The minimum absolute atomic E-state index is 0.209. The molecule has 6 heteroatoms. The Morgan fingerprint density at radius 1 is 1.37 bits per heavy atom. The van der Waals surface area contributed by atoms with E-state index in [9.17, 15) is 4.79 Å². The minimum Gasteiger partial charge on any atom is -0.437 e. The molecule has 0 atom stereocenters. The molecule has 1 aromatic carbocycles. The van der Waals surface area contributed by atoms with Gasteiger partial charge in [-0.2, -0.15) is 0 Å². The van der Waals surface area contributed by atoms with Crippen LogP contribution in [0.5, 0.6) is 11.6 Å². The molecule has 5 nitrogen and oxygen atoms in total. The van der Waals surface area contributed by atoms with Crippen molar-refractivity contribution in [3.8, 4) is 11.6 Å². The van der Waals surface area contributed by atoms with Gasteiger partial charge in [0.15, 0.2) is 0 Å². The quantitative estimate of drug-likeness (QED) is 0.811. The second kappa shape index (κ2) is 5.70. The normalized spacial score (nSPS) is 10.5. The summed E-state index contributed by atoms with van der Waals surface area (Å²) in [6.07, 6.45) is 1.33. The molecule has 0 unspecified atom stereocenters. The van der Waals surface area contributed by atoms with Gasteiger partial charge in [-0.1, -0.05) is 12.1 Å². The van der Waals surface area contributed by atoms with Crippen molar-refractivity contribution >= 4 is 22.6 Å². The van der Waals surface area contributed by atoms with E-state index in [0.717, 1.165) is 16.7 Å². The van der Waals surface area contributed by atoms with E-state index in [4.69, 9.17) is 10.5 Å². The van der Waals surface area contributed by atoms with Crippen LogP contribution in [-0.4, -0.2) is 9.97 Å². The van der Waals surface area contributed by atoms with E-state index in [1.165, 1.54) is 6.33 Å². The number of aromatic nitrogens is 2. The van der Waals surface area contributed by atoms with Crippen LogP contribution in [0.1, 0.15) is 16.7 Å². The number of nitrogens with two attached hydrogens (primary N) is 1. The first-order valence-corrected chi connectivity index (χ1v) is 6.82. The van der Waals surface area contributed by atoms with Crippen molar-refractivity contribution in [2.75, 3.05) is 0 Å². The summed E-state index contributed by atoms with van der Waals surface area (Å²) in [4.78, 5) is 18.1. The summed E-state index contributed by atoms with van der Waals surface area (Å²) in [6, 6.07) is 3.95. The zero-order valence-corrected chi connectivity index (χ0v) is 12.8. The summed E-state index contributed by atoms with van der Waals surface area (Å²) in [6.45, 7) is 4.38. The first-order chi connectivity index (χ1) is 9.02. The van der Waals surface area contributed by atoms with Crippen molar-refractivity contribution in [1.82, 2.24) is 9.97 Å². The molecule has 3 N–H and O–H groups in total. The molecule has 1 aromatic heterocycles. The van der Waals surface area contributed by atoms with Gasteiger partial charge in [-0.25, -0.2) is 4.98 Å². The number of halogens is 1. The molecule has 0 aliphatic carbocycles. The Bertz CT molecular complexity index is 644. The molecule has 0 saturated heterocycles. The van der Waals surface area contributed by atoms with Gasteiger partial charge < -0.3 is 15.5 Å². The van der Waals surface area contributed by atoms with Crippen LogP contribution in [0.2, 0.25) is 0 Å². The summed E-state index contributed by atoms with van der Waals surface area (Å²) in [5.41, 5.74) is 8.42. The maximum Gasteiger partial charge on any atom is 0.268 e. The van der Waals surface area contributed by atoms with Crippen molar-refractivity contribution in [2.24, 2.45) is 5.73 Å². The summed E-state index contributed by atoms with van der Waals surface area (Å²) in [5, 5.41) is 0. The number of aromatic amines is 1. The third kappa shape index (κ3) is 2.95. The van der Waals surface area contributed by atoms with E-state index in [0.29, 0.717) is 21.7 Å². The summed E-state index contributed by atoms with van der Waals surface area (Å²) in [7, 11) is 0. The van der Waals surface area contributed by atoms with E-state index in [1.54, 1.807) is 0 Å². The van der Waals surface area contributed by atoms with Gasteiger partial charge in [0, 0.05) is 6.54 Å². The maximum absolute atomic E-state index is 11.5. The molecule has 2 rings (SSSR count). The highest BCUT2D eigenvalue weighted by atomic mass is 127. The summed E-state index contributed by atoms with van der Waals surface area (Å²) in [5.74, 6) is 1.03. The van der Waals surface area contributed by atoms with Crippen molar-refractivity contribution in [3.63, 3.8) is 0 Å². The molecular formula is C13H14IN3O2. The van der Waals surface area contributed by atoms with Crippen LogP contribution < -0.4 is 16.0 Å². The lowest BCUT2D eigenvalue weighted by atomic mass is 10.1. The van der Waals surface area contributed by atoms with Gasteiger partial charge >= 0.3 is 0 Å². The number of nitrogens with one attached hydrogen (secondary N) is 1. The number of nitrogens with zero attached hydrogens (tertiary/aromatic N) is 1. The fourth-order valence-corrected chi connectivity index (χ4v) is 2.26. The monoisotopic (exact) mass is 371 g/mol. The van der Waals surface area contributed by atoms with Crippen LogP contribution in [0.3, 0.4) is 0 Å².